The lowest BCUT2D eigenvalue weighted by Crippen LogP contribution is -2.52. The number of nitrogens with zero attached hydrogens (tertiary/aromatic N) is 1. The molecule has 1 aromatic carbocycles. The molecule has 0 atom stereocenters. The highest BCUT2D eigenvalue weighted by atomic mass is 16.2. The van der Waals surface area contributed by atoms with Gasteiger partial charge in [-0.2, -0.15) is 0 Å². The lowest BCUT2D eigenvalue weighted by Gasteiger charge is -2.32. The summed E-state index contributed by atoms with van der Waals surface area (Å²) in [6.07, 6.45) is 0. The molecule has 1 aliphatic rings. The molecule has 0 saturated heterocycles. The zero-order valence-corrected chi connectivity index (χ0v) is 11.2. The Bertz CT molecular complexity index is 506. The van der Waals surface area contributed by atoms with Crippen molar-refractivity contribution in [2.75, 3.05) is 6.54 Å². The Morgan fingerprint density at radius 1 is 1.06 bits per heavy atom. The third-order valence-corrected chi connectivity index (χ3v) is 3.56. The number of carbonyl (C=O) groups excluding carboxylic acids is 2. The second-order valence-corrected chi connectivity index (χ2v) is 5.41. The number of nitrogens with two attached hydrogens (primary N) is 1. The van der Waals surface area contributed by atoms with Crippen molar-refractivity contribution in [3.8, 4) is 0 Å². The molecule has 0 saturated carbocycles. The van der Waals surface area contributed by atoms with Crippen LogP contribution in [0, 0.1) is 13.8 Å². The average molecular weight is 246 g/mol. The number of aryl methyl sites for hydroxylation is 2. The van der Waals surface area contributed by atoms with Crippen molar-refractivity contribution in [2.45, 2.75) is 33.2 Å². The SMILES string of the molecule is Cc1ccc(C)c2c1C(=O)N(C(C)(C)CN)C2=O. The molecule has 1 aliphatic heterocycles. The molecule has 0 bridgehead atoms. The van der Waals surface area contributed by atoms with Crippen LogP contribution in [0.25, 0.3) is 0 Å². The minimum atomic E-state index is -0.661. The zero-order valence-electron chi connectivity index (χ0n) is 11.2. The molecule has 2 amide bonds. The van der Waals surface area contributed by atoms with Gasteiger partial charge in [-0.05, 0) is 38.8 Å². The van der Waals surface area contributed by atoms with Crippen LogP contribution in [0.3, 0.4) is 0 Å². The fraction of sp³-hybridized carbons (Fsp3) is 0.429. The highest BCUT2D eigenvalue weighted by molar-refractivity contribution is 6.23. The Morgan fingerprint density at radius 2 is 1.44 bits per heavy atom. The van der Waals surface area contributed by atoms with Crippen molar-refractivity contribution >= 4 is 11.8 Å². The summed E-state index contributed by atoms with van der Waals surface area (Å²) in [5, 5.41) is 0. The van der Waals surface area contributed by atoms with E-state index < -0.39 is 5.54 Å². The number of benzene rings is 1. The number of hydrogen-bond donors (Lipinski definition) is 1. The third-order valence-electron chi connectivity index (χ3n) is 3.56. The second kappa shape index (κ2) is 3.92. The quantitative estimate of drug-likeness (QED) is 0.807. The van der Waals surface area contributed by atoms with Crippen LogP contribution in [0.2, 0.25) is 0 Å². The molecular weight excluding hydrogens is 228 g/mol. The van der Waals surface area contributed by atoms with Gasteiger partial charge in [0.2, 0.25) is 0 Å². The molecule has 0 aromatic heterocycles. The Balaban J connectivity index is 2.65. The van der Waals surface area contributed by atoms with Gasteiger partial charge in [-0.25, -0.2) is 0 Å². The van der Waals surface area contributed by atoms with Gasteiger partial charge in [0.1, 0.15) is 0 Å². The van der Waals surface area contributed by atoms with Crippen molar-refractivity contribution in [1.82, 2.24) is 4.90 Å². The summed E-state index contributed by atoms with van der Waals surface area (Å²) in [6, 6.07) is 3.75. The van der Waals surface area contributed by atoms with Gasteiger partial charge in [-0.1, -0.05) is 12.1 Å². The first-order valence-corrected chi connectivity index (χ1v) is 6.00. The standard InChI is InChI=1S/C14H18N2O2/c1-8-5-6-9(2)11-10(8)12(17)16(13(11)18)14(3,4)7-15/h5-6H,7,15H2,1-4H3. The molecule has 1 heterocycles. The Morgan fingerprint density at radius 3 is 1.78 bits per heavy atom. The molecule has 18 heavy (non-hydrogen) atoms. The van der Waals surface area contributed by atoms with Crippen LogP contribution >= 0.6 is 0 Å². The molecule has 96 valence electrons. The van der Waals surface area contributed by atoms with Crippen LogP contribution in [0.5, 0.6) is 0 Å². The normalized spacial score (nSPS) is 15.3. The summed E-state index contributed by atoms with van der Waals surface area (Å²) < 4.78 is 0. The van der Waals surface area contributed by atoms with Crippen molar-refractivity contribution in [3.05, 3.63) is 34.4 Å². The summed E-state index contributed by atoms with van der Waals surface area (Å²) in [6.45, 7) is 7.56. The summed E-state index contributed by atoms with van der Waals surface area (Å²) in [4.78, 5) is 26.2. The maximum absolute atomic E-state index is 12.4. The van der Waals surface area contributed by atoms with Gasteiger partial charge in [-0.3, -0.25) is 14.5 Å². The van der Waals surface area contributed by atoms with Crippen LogP contribution in [0.1, 0.15) is 45.7 Å². The van der Waals surface area contributed by atoms with Gasteiger partial charge < -0.3 is 5.73 Å². The van der Waals surface area contributed by atoms with Crippen LogP contribution < -0.4 is 5.73 Å². The number of fused-ring (bicyclic) bond motifs is 1. The van der Waals surface area contributed by atoms with Gasteiger partial charge in [0.05, 0.1) is 16.7 Å². The molecule has 4 nitrogen and oxygen atoms in total. The molecule has 0 spiro atoms. The second-order valence-electron chi connectivity index (χ2n) is 5.41. The first-order chi connectivity index (χ1) is 8.31. The number of rotatable bonds is 2. The van der Waals surface area contributed by atoms with Gasteiger partial charge in [0, 0.05) is 6.54 Å². The first kappa shape index (κ1) is 12.8. The van der Waals surface area contributed by atoms with E-state index in [1.165, 1.54) is 4.90 Å². The number of imide groups is 1. The van der Waals surface area contributed by atoms with Gasteiger partial charge in [0.25, 0.3) is 11.8 Å². The minimum absolute atomic E-state index is 0.230. The van der Waals surface area contributed by atoms with Crippen molar-refractivity contribution in [1.29, 1.82) is 0 Å². The van der Waals surface area contributed by atoms with E-state index in [0.29, 0.717) is 11.1 Å². The molecule has 0 aliphatic carbocycles. The smallest absolute Gasteiger partial charge is 0.262 e. The maximum Gasteiger partial charge on any atom is 0.262 e. The van der Waals surface area contributed by atoms with Gasteiger partial charge in [-0.15, -0.1) is 0 Å². The molecule has 4 heteroatoms. The summed E-state index contributed by atoms with van der Waals surface area (Å²) in [7, 11) is 0. The molecular formula is C14H18N2O2. The van der Waals surface area contributed by atoms with Crippen molar-refractivity contribution in [3.63, 3.8) is 0 Å². The van der Waals surface area contributed by atoms with Crippen LogP contribution in [-0.2, 0) is 0 Å². The molecule has 2 rings (SSSR count). The van der Waals surface area contributed by atoms with Crippen LogP contribution in [-0.4, -0.2) is 28.8 Å². The van der Waals surface area contributed by atoms with Crippen LogP contribution in [0.4, 0.5) is 0 Å². The maximum atomic E-state index is 12.4. The summed E-state index contributed by atoms with van der Waals surface area (Å²) in [5.41, 5.74) is 7.75. The molecule has 0 radical (unpaired) electrons. The Labute approximate surface area is 107 Å². The first-order valence-electron chi connectivity index (χ1n) is 6.00. The lowest BCUT2D eigenvalue weighted by molar-refractivity contribution is 0.0492. The minimum Gasteiger partial charge on any atom is -0.328 e. The van der Waals surface area contributed by atoms with E-state index in [-0.39, 0.29) is 18.4 Å². The highest BCUT2D eigenvalue weighted by Crippen LogP contribution is 2.32. The molecule has 1 aromatic rings. The Hall–Kier alpha value is -1.68. The summed E-state index contributed by atoms with van der Waals surface area (Å²) >= 11 is 0. The molecule has 0 fully saturated rings. The van der Waals surface area contributed by atoms with E-state index in [4.69, 9.17) is 5.73 Å². The van der Waals surface area contributed by atoms with Gasteiger partial charge in [0.15, 0.2) is 0 Å². The fourth-order valence-electron chi connectivity index (χ4n) is 2.32. The largest absolute Gasteiger partial charge is 0.328 e. The van der Waals surface area contributed by atoms with E-state index in [9.17, 15) is 9.59 Å². The van der Waals surface area contributed by atoms with E-state index in [2.05, 4.69) is 0 Å². The number of carbonyl (C=O) groups is 2. The highest BCUT2D eigenvalue weighted by Gasteiger charge is 2.44. The summed E-state index contributed by atoms with van der Waals surface area (Å²) in [5.74, 6) is -0.460. The van der Waals surface area contributed by atoms with E-state index in [1.54, 1.807) is 13.8 Å². The van der Waals surface area contributed by atoms with E-state index >= 15 is 0 Å². The lowest BCUT2D eigenvalue weighted by atomic mass is 9.99. The monoisotopic (exact) mass is 246 g/mol. The third kappa shape index (κ3) is 1.56. The zero-order chi connectivity index (χ0) is 13.7. The fourth-order valence-corrected chi connectivity index (χ4v) is 2.32. The van der Waals surface area contributed by atoms with Crippen molar-refractivity contribution in [2.24, 2.45) is 5.73 Å². The molecule has 0 unspecified atom stereocenters. The number of hydrogen-bond acceptors (Lipinski definition) is 3. The molecule has 2 N–H and O–H groups in total. The van der Waals surface area contributed by atoms with E-state index in [0.717, 1.165) is 11.1 Å². The number of amides is 2. The van der Waals surface area contributed by atoms with Crippen molar-refractivity contribution < 1.29 is 9.59 Å². The predicted molar refractivity (Wildman–Crippen MR) is 69.5 cm³/mol. The average Bonchev–Trinajstić information content (AvgIpc) is 2.58. The topological polar surface area (TPSA) is 63.4 Å². The predicted octanol–water partition coefficient (Wildman–Crippen LogP) is 1.64. The van der Waals surface area contributed by atoms with E-state index in [1.807, 2.05) is 26.0 Å². The van der Waals surface area contributed by atoms with Gasteiger partial charge >= 0.3 is 0 Å². The Kier molecular flexibility index (Phi) is 2.78. The van der Waals surface area contributed by atoms with Crippen LogP contribution in [0.15, 0.2) is 12.1 Å².